The number of ether oxygens (including phenoxy) is 1. The van der Waals surface area contributed by atoms with Gasteiger partial charge < -0.3 is 20.1 Å². The van der Waals surface area contributed by atoms with E-state index in [9.17, 15) is 9.59 Å². The topological polar surface area (TPSA) is 117 Å². The molecule has 0 atom stereocenters. The van der Waals surface area contributed by atoms with Crippen LogP contribution in [0.4, 0.5) is 5.69 Å². The van der Waals surface area contributed by atoms with Gasteiger partial charge in [0.25, 0.3) is 5.91 Å². The van der Waals surface area contributed by atoms with Crippen LogP contribution in [0, 0.1) is 0 Å². The third-order valence-electron chi connectivity index (χ3n) is 2.37. The summed E-state index contributed by atoms with van der Waals surface area (Å²) in [5.74, 6) is -1.66. The second kappa shape index (κ2) is 5.83. The van der Waals surface area contributed by atoms with Crippen molar-refractivity contribution in [2.45, 2.75) is 6.92 Å². The van der Waals surface area contributed by atoms with E-state index in [0.29, 0.717) is 12.3 Å². The number of nitrogens with one attached hydrogen (secondary N) is 2. The fraction of sp³-hybridized carbons (Fsp3) is 0.167. The van der Waals surface area contributed by atoms with Gasteiger partial charge in [-0.15, -0.1) is 0 Å². The molecule has 0 spiro atoms. The zero-order chi connectivity index (χ0) is 14.5. The molecule has 8 heteroatoms. The Morgan fingerprint density at radius 1 is 1.45 bits per heavy atom. The van der Waals surface area contributed by atoms with Crippen LogP contribution in [0.25, 0.3) is 0 Å². The normalized spacial score (nSPS) is 10.1. The van der Waals surface area contributed by atoms with Crippen LogP contribution < -0.4 is 10.1 Å². The number of pyridine rings is 1. The van der Waals surface area contributed by atoms with Gasteiger partial charge >= 0.3 is 5.97 Å². The number of anilines is 1. The van der Waals surface area contributed by atoms with Gasteiger partial charge in [0.15, 0.2) is 11.4 Å². The molecule has 8 nitrogen and oxygen atoms in total. The Labute approximate surface area is 113 Å². The highest BCUT2D eigenvalue weighted by molar-refractivity contribution is 6.09. The summed E-state index contributed by atoms with van der Waals surface area (Å²) in [6.45, 7) is 2.18. The molecular weight excluding hydrogens is 264 g/mol. The molecule has 2 aromatic rings. The Morgan fingerprint density at radius 3 is 2.95 bits per heavy atom. The van der Waals surface area contributed by atoms with Crippen LogP contribution in [-0.2, 0) is 0 Å². The van der Waals surface area contributed by atoms with Gasteiger partial charge in [0.05, 0.1) is 12.9 Å². The van der Waals surface area contributed by atoms with Crippen molar-refractivity contribution in [2.75, 3.05) is 11.9 Å². The van der Waals surface area contributed by atoms with Crippen LogP contribution in [0.1, 0.15) is 27.9 Å². The first-order valence-electron chi connectivity index (χ1n) is 5.79. The highest BCUT2D eigenvalue weighted by Crippen LogP contribution is 2.21. The molecule has 0 fully saturated rings. The summed E-state index contributed by atoms with van der Waals surface area (Å²) in [4.78, 5) is 33.0. The largest absolute Gasteiger partial charge is 0.477 e. The molecule has 0 aromatic carbocycles. The van der Waals surface area contributed by atoms with Crippen molar-refractivity contribution in [3.8, 4) is 5.88 Å². The van der Waals surface area contributed by atoms with Crippen molar-refractivity contribution in [1.29, 1.82) is 0 Å². The maximum absolute atomic E-state index is 12.0. The highest BCUT2D eigenvalue weighted by Gasteiger charge is 2.20. The molecule has 0 saturated carbocycles. The van der Waals surface area contributed by atoms with E-state index in [4.69, 9.17) is 9.84 Å². The number of hydrogen-bond donors (Lipinski definition) is 3. The third kappa shape index (κ3) is 2.74. The van der Waals surface area contributed by atoms with Gasteiger partial charge in [-0.1, -0.05) is 0 Å². The van der Waals surface area contributed by atoms with Crippen molar-refractivity contribution < 1.29 is 19.4 Å². The Bertz CT molecular complexity index is 638. The van der Waals surface area contributed by atoms with Gasteiger partial charge in [-0.25, -0.2) is 14.8 Å². The number of carboxylic acid groups (broad SMARTS) is 1. The van der Waals surface area contributed by atoms with Gasteiger partial charge in [0.1, 0.15) is 5.69 Å². The summed E-state index contributed by atoms with van der Waals surface area (Å²) in [5, 5.41) is 11.4. The second-order valence-corrected chi connectivity index (χ2v) is 3.67. The fourth-order valence-electron chi connectivity index (χ4n) is 1.55. The standard InChI is InChI=1S/C12H12N4O4/c1-2-20-11-7(4-3-5-13-11)16-10(17)8-9(12(18)19)15-6-14-8/h3-6H,2H2,1H3,(H,14,15)(H,16,17)(H,18,19). The average molecular weight is 276 g/mol. The number of carbonyl (C=O) groups is 2. The lowest BCUT2D eigenvalue weighted by Gasteiger charge is -2.09. The van der Waals surface area contributed by atoms with E-state index in [1.807, 2.05) is 0 Å². The predicted octanol–water partition coefficient (Wildman–Crippen LogP) is 1.15. The monoisotopic (exact) mass is 276 g/mol. The molecule has 2 rings (SSSR count). The number of amides is 1. The van der Waals surface area contributed by atoms with Gasteiger partial charge in [-0.3, -0.25) is 4.79 Å². The lowest BCUT2D eigenvalue weighted by atomic mass is 10.3. The highest BCUT2D eigenvalue weighted by atomic mass is 16.5. The number of imidazole rings is 1. The molecule has 20 heavy (non-hydrogen) atoms. The van der Waals surface area contributed by atoms with E-state index >= 15 is 0 Å². The van der Waals surface area contributed by atoms with Gasteiger partial charge in [-0.05, 0) is 19.1 Å². The Hall–Kier alpha value is -2.90. The summed E-state index contributed by atoms with van der Waals surface area (Å²) in [7, 11) is 0. The molecule has 3 N–H and O–H groups in total. The van der Waals surface area contributed by atoms with Crippen LogP contribution in [-0.4, -0.2) is 38.5 Å². The van der Waals surface area contributed by atoms with Crippen molar-refractivity contribution >= 4 is 17.6 Å². The molecule has 2 aromatic heterocycles. The maximum Gasteiger partial charge on any atom is 0.354 e. The number of carboxylic acids is 1. The van der Waals surface area contributed by atoms with Gasteiger partial charge in [0.2, 0.25) is 5.88 Å². The molecule has 0 saturated heterocycles. The van der Waals surface area contributed by atoms with Crippen molar-refractivity contribution in [3.63, 3.8) is 0 Å². The molecule has 2 heterocycles. The second-order valence-electron chi connectivity index (χ2n) is 3.67. The number of hydrogen-bond acceptors (Lipinski definition) is 5. The summed E-state index contributed by atoms with van der Waals surface area (Å²) in [5.41, 5.74) is -0.133. The molecule has 0 unspecified atom stereocenters. The molecule has 0 radical (unpaired) electrons. The quantitative estimate of drug-likeness (QED) is 0.754. The first kappa shape index (κ1) is 13.5. The number of rotatable bonds is 5. The van der Waals surface area contributed by atoms with Crippen molar-refractivity contribution in [2.24, 2.45) is 0 Å². The Balaban J connectivity index is 2.24. The van der Waals surface area contributed by atoms with Gasteiger partial charge in [-0.2, -0.15) is 0 Å². The van der Waals surface area contributed by atoms with Crippen LogP contribution in [0.5, 0.6) is 5.88 Å². The zero-order valence-corrected chi connectivity index (χ0v) is 10.6. The van der Waals surface area contributed by atoms with E-state index in [-0.39, 0.29) is 17.3 Å². The van der Waals surface area contributed by atoms with Crippen LogP contribution >= 0.6 is 0 Å². The van der Waals surface area contributed by atoms with E-state index in [1.165, 1.54) is 6.20 Å². The van der Waals surface area contributed by atoms with Crippen LogP contribution in [0.2, 0.25) is 0 Å². The molecule has 0 bridgehead atoms. The maximum atomic E-state index is 12.0. The predicted molar refractivity (Wildman–Crippen MR) is 68.9 cm³/mol. The summed E-state index contributed by atoms with van der Waals surface area (Å²) in [6.07, 6.45) is 2.67. The zero-order valence-electron chi connectivity index (χ0n) is 10.6. The molecule has 0 aliphatic rings. The molecular formula is C12H12N4O4. The Morgan fingerprint density at radius 2 is 2.25 bits per heavy atom. The lowest BCUT2D eigenvalue weighted by molar-refractivity contribution is 0.0686. The Kier molecular flexibility index (Phi) is 3.94. The number of nitrogens with zero attached hydrogens (tertiary/aromatic N) is 2. The minimum absolute atomic E-state index is 0.205. The number of aromatic nitrogens is 3. The number of aromatic carboxylic acids is 1. The third-order valence-corrected chi connectivity index (χ3v) is 2.37. The van der Waals surface area contributed by atoms with E-state index in [1.54, 1.807) is 19.1 Å². The van der Waals surface area contributed by atoms with Crippen molar-refractivity contribution in [1.82, 2.24) is 15.0 Å². The number of carbonyl (C=O) groups excluding carboxylic acids is 1. The summed E-state index contributed by atoms with van der Waals surface area (Å²) >= 11 is 0. The lowest BCUT2D eigenvalue weighted by Crippen LogP contribution is -2.17. The minimum atomic E-state index is -1.26. The molecule has 104 valence electrons. The SMILES string of the molecule is CCOc1ncccc1NC(=O)c1nc[nH]c1C(=O)O. The molecule has 1 amide bonds. The fourth-order valence-corrected chi connectivity index (χ4v) is 1.55. The smallest absolute Gasteiger partial charge is 0.354 e. The number of aromatic amines is 1. The van der Waals surface area contributed by atoms with Crippen molar-refractivity contribution in [3.05, 3.63) is 36.0 Å². The van der Waals surface area contributed by atoms with E-state index in [2.05, 4.69) is 20.3 Å². The first-order valence-corrected chi connectivity index (χ1v) is 5.79. The van der Waals surface area contributed by atoms with Crippen LogP contribution in [0.15, 0.2) is 24.7 Å². The average Bonchev–Trinajstić information content (AvgIpc) is 2.91. The summed E-state index contributed by atoms with van der Waals surface area (Å²) in [6, 6.07) is 3.23. The minimum Gasteiger partial charge on any atom is -0.477 e. The van der Waals surface area contributed by atoms with E-state index in [0.717, 1.165) is 6.33 Å². The first-order chi connectivity index (χ1) is 9.63. The van der Waals surface area contributed by atoms with Gasteiger partial charge in [0, 0.05) is 6.20 Å². The van der Waals surface area contributed by atoms with E-state index < -0.39 is 11.9 Å². The van der Waals surface area contributed by atoms with Crippen LogP contribution in [0.3, 0.4) is 0 Å². The number of H-pyrrole nitrogens is 1. The molecule has 0 aliphatic heterocycles. The molecule has 0 aliphatic carbocycles. The summed E-state index contributed by atoms with van der Waals surface area (Å²) < 4.78 is 5.26.